The van der Waals surface area contributed by atoms with E-state index in [0.29, 0.717) is 25.7 Å². The molecule has 0 amide bonds. The molecule has 0 bridgehead atoms. The van der Waals surface area contributed by atoms with E-state index >= 15 is 0 Å². The van der Waals surface area contributed by atoms with Crippen LogP contribution in [0.4, 0.5) is 5.95 Å². The van der Waals surface area contributed by atoms with Crippen molar-refractivity contribution in [1.82, 2.24) is 40.1 Å². The highest BCUT2D eigenvalue weighted by Gasteiger charge is 2.47. The number of rotatable bonds is 3. The maximum atomic E-state index is 5.79. The number of aromatic amines is 1. The first-order valence-corrected chi connectivity index (χ1v) is 7.17. The minimum atomic E-state index is -0.804. The second-order valence-corrected chi connectivity index (χ2v) is 5.21. The zero-order valence-electron chi connectivity index (χ0n) is 12.5. The molecule has 1 aliphatic rings. The van der Waals surface area contributed by atoms with Crippen molar-refractivity contribution in [3.05, 3.63) is 42.5 Å². The van der Waals surface area contributed by atoms with E-state index in [1.807, 2.05) is 17.9 Å². The fourth-order valence-electron chi connectivity index (χ4n) is 2.92. The molecule has 4 rings (SSSR count). The van der Waals surface area contributed by atoms with Crippen LogP contribution < -0.4 is 4.90 Å². The van der Waals surface area contributed by atoms with E-state index in [2.05, 4.69) is 35.5 Å². The van der Waals surface area contributed by atoms with Gasteiger partial charge in [-0.2, -0.15) is 10.1 Å². The molecule has 1 aliphatic heterocycles. The number of H-pyrrole nitrogens is 1. The molecular weight excluding hydrogens is 298 g/mol. The van der Waals surface area contributed by atoms with Crippen LogP contribution in [0.1, 0.15) is 11.4 Å². The Labute approximate surface area is 131 Å². The van der Waals surface area contributed by atoms with Gasteiger partial charge in [-0.3, -0.25) is 0 Å². The Balaban J connectivity index is 1.96. The van der Waals surface area contributed by atoms with Gasteiger partial charge in [0.05, 0.1) is 30.8 Å². The Hall–Kier alpha value is -2.88. The molecule has 0 aliphatic carbocycles. The van der Waals surface area contributed by atoms with Crippen LogP contribution in [0.2, 0.25) is 0 Å². The number of aryl methyl sites for hydroxylation is 1. The minimum absolute atomic E-state index is 0.356. The first-order valence-electron chi connectivity index (χ1n) is 7.17. The van der Waals surface area contributed by atoms with Gasteiger partial charge < -0.3 is 9.64 Å². The van der Waals surface area contributed by atoms with Crippen LogP contribution in [0.25, 0.3) is 0 Å². The van der Waals surface area contributed by atoms with E-state index in [-0.39, 0.29) is 0 Å². The first kappa shape index (κ1) is 13.8. The van der Waals surface area contributed by atoms with Crippen LogP contribution in [0.3, 0.4) is 0 Å². The number of anilines is 1. The molecule has 3 aromatic heterocycles. The highest BCUT2D eigenvalue weighted by atomic mass is 16.5. The predicted molar refractivity (Wildman–Crippen MR) is 78.4 cm³/mol. The Morgan fingerprint density at radius 1 is 1.30 bits per heavy atom. The quantitative estimate of drug-likeness (QED) is 0.703. The Morgan fingerprint density at radius 2 is 2.26 bits per heavy atom. The molecule has 10 heteroatoms. The standard InChI is InChI=1S/C13H15N9O/c1-10-6-17-20-22(10)13(11-2-3-14-8-15-11)7-23-5-4-21(13)12-16-9-18-19-12/h2-3,6,8-9H,4-5,7H2,1H3,(H,16,18,19). The van der Waals surface area contributed by atoms with E-state index in [4.69, 9.17) is 4.74 Å². The summed E-state index contributed by atoms with van der Waals surface area (Å²) in [7, 11) is 0. The summed E-state index contributed by atoms with van der Waals surface area (Å²) in [5, 5.41) is 15.2. The van der Waals surface area contributed by atoms with Crippen LogP contribution in [-0.4, -0.2) is 59.9 Å². The molecule has 10 nitrogen and oxygen atoms in total. The molecule has 1 unspecified atom stereocenters. The van der Waals surface area contributed by atoms with Gasteiger partial charge in [0.15, 0.2) is 0 Å². The van der Waals surface area contributed by atoms with Crippen molar-refractivity contribution in [2.75, 3.05) is 24.7 Å². The van der Waals surface area contributed by atoms with Gasteiger partial charge in [0.2, 0.25) is 11.6 Å². The molecule has 1 fully saturated rings. The highest BCUT2D eigenvalue weighted by molar-refractivity contribution is 5.39. The van der Waals surface area contributed by atoms with Gasteiger partial charge in [-0.05, 0) is 13.0 Å². The van der Waals surface area contributed by atoms with Crippen LogP contribution in [0, 0.1) is 6.92 Å². The second-order valence-electron chi connectivity index (χ2n) is 5.21. The van der Waals surface area contributed by atoms with Crippen LogP contribution >= 0.6 is 0 Å². The van der Waals surface area contributed by atoms with Gasteiger partial charge in [-0.15, -0.1) is 5.10 Å². The molecule has 0 aromatic carbocycles. The minimum Gasteiger partial charge on any atom is -0.375 e. The largest absolute Gasteiger partial charge is 0.375 e. The summed E-state index contributed by atoms with van der Waals surface area (Å²) in [5.74, 6) is 0.627. The molecular formula is C13H15N9O. The summed E-state index contributed by atoms with van der Waals surface area (Å²) < 4.78 is 7.60. The van der Waals surface area contributed by atoms with Gasteiger partial charge in [-0.25, -0.2) is 19.7 Å². The van der Waals surface area contributed by atoms with Crippen molar-refractivity contribution in [3.8, 4) is 0 Å². The molecule has 23 heavy (non-hydrogen) atoms. The van der Waals surface area contributed by atoms with Crippen molar-refractivity contribution < 1.29 is 4.74 Å². The average molecular weight is 313 g/mol. The first-order chi connectivity index (χ1) is 11.3. The third-order valence-electron chi connectivity index (χ3n) is 3.93. The number of aromatic nitrogens is 8. The zero-order chi connectivity index (χ0) is 15.7. The lowest BCUT2D eigenvalue weighted by Crippen LogP contribution is -2.60. The summed E-state index contributed by atoms with van der Waals surface area (Å²) in [6.07, 6.45) is 6.39. The van der Waals surface area contributed by atoms with Crippen molar-refractivity contribution in [2.45, 2.75) is 12.6 Å². The van der Waals surface area contributed by atoms with Gasteiger partial charge >= 0.3 is 0 Å². The third kappa shape index (κ3) is 2.06. The fourth-order valence-corrected chi connectivity index (χ4v) is 2.92. The smallest absolute Gasteiger partial charge is 0.223 e. The van der Waals surface area contributed by atoms with Crippen LogP contribution in [0.5, 0.6) is 0 Å². The average Bonchev–Trinajstić information content (AvgIpc) is 3.27. The zero-order valence-corrected chi connectivity index (χ0v) is 12.5. The van der Waals surface area contributed by atoms with Gasteiger partial charge in [0.1, 0.15) is 12.7 Å². The van der Waals surface area contributed by atoms with Crippen molar-refractivity contribution in [1.29, 1.82) is 0 Å². The number of nitrogens with one attached hydrogen (secondary N) is 1. The van der Waals surface area contributed by atoms with Crippen molar-refractivity contribution >= 4 is 5.95 Å². The van der Waals surface area contributed by atoms with Crippen molar-refractivity contribution in [3.63, 3.8) is 0 Å². The van der Waals surface area contributed by atoms with Crippen LogP contribution in [-0.2, 0) is 10.4 Å². The molecule has 0 radical (unpaired) electrons. The lowest BCUT2D eigenvalue weighted by molar-refractivity contribution is 0.0233. The van der Waals surface area contributed by atoms with E-state index < -0.39 is 5.66 Å². The van der Waals surface area contributed by atoms with Gasteiger partial charge in [0.25, 0.3) is 0 Å². The Kier molecular flexibility index (Phi) is 3.23. The summed E-state index contributed by atoms with van der Waals surface area (Å²) in [6, 6.07) is 1.85. The number of ether oxygens (including phenoxy) is 1. The molecule has 1 N–H and O–H groups in total. The molecule has 118 valence electrons. The second kappa shape index (κ2) is 5.39. The number of morpholine rings is 1. The SMILES string of the molecule is Cc1cnnn1C1(c2ccncn2)COCCN1c1ncn[nH]1. The maximum absolute atomic E-state index is 5.79. The Bertz CT molecular complexity index is 772. The molecule has 0 spiro atoms. The molecule has 3 aromatic rings. The number of nitrogens with zero attached hydrogens (tertiary/aromatic N) is 8. The summed E-state index contributed by atoms with van der Waals surface area (Å²) in [4.78, 5) is 14.8. The van der Waals surface area contributed by atoms with Gasteiger partial charge in [0, 0.05) is 12.7 Å². The molecule has 1 atom stereocenters. The predicted octanol–water partition coefficient (Wildman–Crippen LogP) is -0.267. The highest BCUT2D eigenvalue weighted by Crippen LogP contribution is 2.34. The monoisotopic (exact) mass is 313 g/mol. The number of hydrogen-bond donors (Lipinski definition) is 1. The topological polar surface area (TPSA) is 111 Å². The van der Waals surface area contributed by atoms with E-state index in [1.165, 1.54) is 12.7 Å². The lowest BCUT2D eigenvalue weighted by atomic mass is 10.0. The summed E-state index contributed by atoms with van der Waals surface area (Å²) >= 11 is 0. The summed E-state index contributed by atoms with van der Waals surface area (Å²) in [6.45, 7) is 3.48. The Morgan fingerprint density at radius 3 is 2.96 bits per heavy atom. The normalized spacial score (nSPS) is 21.5. The fraction of sp³-hybridized carbons (Fsp3) is 0.385. The molecule has 4 heterocycles. The lowest BCUT2D eigenvalue weighted by Gasteiger charge is -2.45. The molecule has 0 saturated carbocycles. The number of hydrogen-bond acceptors (Lipinski definition) is 8. The third-order valence-corrected chi connectivity index (χ3v) is 3.93. The van der Waals surface area contributed by atoms with E-state index in [9.17, 15) is 0 Å². The van der Waals surface area contributed by atoms with Crippen molar-refractivity contribution in [2.24, 2.45) is 0 Å². The van der Waals surface area contributed by atoms with E-state index in [1.54, 1.807) is 17.1 Å². The molecule has 1 saturated heterocycles. The summed E-state index contributed by atoms with van der Waals surface area (Å²) in [5.41, 5.74) is 0.831. The van der Waals surface area contributed by atoms with Gasteiger partial charge in [-0.1, -0.05) is 5.21 Å². The van der Waals surface area contributed by atoms with Crippen LogP contribution in [0.15, 0.2) is 31.1 Å². The maximum Gasteiger partial charge on any atom is 0.223 e. The van der Waals surface area contributed by atoms with E-state index in [0.717, 1.165) is 11.4 Å².